The van der Waals surface area contributed by atoms with Crippen LogP contribution in [0.4, 0.5) is 0 Å². The normalized spacial score (nSPS) is 9.50. The molecule has 0 fully saturated rings. The van der Waals surface area contributed by atoms with Gasteiger partial charge >= 0.3 is 5.97 Å². The summed E-state index contributed by atoms with van der Waals surface area (Å²) in [4.78, 5) is 10.8. The van der Waals surface area contributed by atoms with Gasteiger partial charge in [-0.05, 0) is 24.3 Å². The Morgan fingerprint density at radius 3 is 2.50 bits per heavy atom. The summed E-state index contributed by atoms with van der Waals surface area (Å²) in [6.07, 6.45) is 0. The number of hydrogen-bond acceptors (Lipinski definition) is 3. The van der Waals surface area contributed by atoms with Gasteiger partial charge in [-0.3, -0.25) is 4.79 Å². The van der Waals surface area contributed by atoms with Gasteiger partial charge in [-0.25, -0.2) is 0 Å². The maximum Gasteiger partial charge on any atom is 0.321 e. The molecular formula is C8H7BrO2S. The first-order valence-electron chi connectivity index (χ1n) is 3.29. The first kappa shape index (κ1) is 9.61. The van der Waals surface area contributed by atoms with Crippen molar-refractivity contribution in [2.45, 2.75) is 0 Å². The number of carbonyl (C=O) groups excluding carboxylic acids is 1. The van der Waals surface area contributed by atoms with Crippen molar-refractivity contribution >= 4 is 34.5 Å². The number of carbonyl (C=O) groups is 1. The predicted molar refractivity (Wildman–Crippen MR) is 53.6 cm³/mol. The van der Waals surface area contributed by atoms with Crippen molar-refractivity contribution in [3.63, 3.8) is 0 Å². The number of ether oxygens (including phenoxy) is 1. The van der Waals surface area contributed by atoms with E-state index < -0.39 is 0 Å². The van der Waals surface area contributed by atoms with Gasteiger partial charge in [0.2, 0.25) is 0 Å². The fraction of sp³-hybridized carbons (Fsp3) is 0.125. The lowest BCUT2D eigenvalue weighted by Gasteiger charge is -2.00. The van der Waals surface area contributed by atoms with Crippen LogP contribution >= 0.6 is 28.6 Å². The molecule has 12 heavy (non-hydrogen) atoms. The highest BCUT2D eigenvalue weighted by Gasteiger charge is 2.00. The van der Waals surface area contributed by atoms with Gasteiger partial charge in [-0.15, -0.1) is 0 Å². The van der Waals surface area contributed by atoms with Crippen LogP contribution in [0.15, 0.2) is 28.7 Å². The van der Waals surface area contributed by atoms with Gasteiger partial charge in [0.25, 0.3) is 0 Å². The number of thiol groups is 1. The topological polar surface area (TPSA) is 26.3 Å². The molecule has 0 heterocycles. The van der Waals surface area contributed by atoms with Gasteiger partial charge in [-0.2, -0.15) is 12.6 Å². The van der Waals surface area contributed by atoms with E-state index in [4.69, 9.17) is 4.74 Å². The third-order valence-corrected chi connectivity index (χ3v) is 1.96. The van der Waals surface area contributed by atoms with Crippen LogP contribution in [0.3, 0.4) is 0 Å². The van der Waals surface area contributed by atoms with Gasteiger partial charge in [0.1, 0.15) is 5.75 Å². The summed E-state index contributed by atoms with van der Waals surface area (Å²) in [5.41, 5.74) is 0. The van der Waals surface area contributed by atoms with Gasteiger partial charge in [0, 0.05) is 4.47 Å². The molecule has 2 nitrogen and oxygen atoms in total. The van der Waals surface area contributed by atoms with Crippen LogP contribution in [-0.4, -0.2) is 11.7 Å². The Kier molecular flexibility index (Phi) is 3.62. The van der Waals surface area contributed by atoms with Crippen molar-refractivity contribution in [3.05, 3.63) is 28.7 Å². The summed E-state index contributed by atoms with van der Waals surface area (Å²) in [5.74, 6) is 0.286. The lowest BCUT2D eigenvalue weighted by atomic mass is 10.3. The second kappa shape index (κ2) is 4.52. The Balaban J connectivity index is 2.64. The molecular weight excluding hydrogens is 240 g/mol. The molecule has 0 bridgehead atoms. The molecule has 0 atom stereocenters. The van der Waals surface area contributed by atoms with Crippen molar-refractivity contribution in [1.29, 1.82) is 0 Å². The quantitative estimate of drug-likeness (QED) is 0.493. The molecule has 1 rings (SSSR count). The molecule has 4 heteroatoms. The third kappa shape index (κ3) is 2.87. The molecule has 1 aromatic rings. The molecule has 0 amide bonds. The smallest absolute Gasteiger partial charge is 0.321 e. The Bertz CT molecular complexity index is 271. The Morgan fingerprint density at radius 1 is 1.42 bits per heavy atom. The fourth-order valence-electron chi connectivity index (χ4n) is 0.666. The van der Waals surface area contributed by atoms with Crippen LogP contribution in [0, 0.1) is 0 Å². The van der Waals surface area contributed by atoms with E-state index in [9.17, 15) is 4.79 Å². The van der Waals surface area contributed by atoms with Crippen LogP contribution in [0.25, 0.3) is 0 Å². The van der Waals surface area contributed by atoms with E-state index in [1.165, 1.54) is 0 Å². The van der Waals surface area contributed by atoms with Crippen molar-refractivity contribution in [1.82, 2.24) is 0 Å². The van der Waals surface area contributed by atoms with Crippen molar-refractivity contribution < 1.29 is 9.53 Å². The first-order chi connectivity index (χ1) is 5.72. The average Bonchev–Trinajstić information content (AvgIpc) is 2.09. The zero-order valence-electron chi connectivity index (χ0n) is 6.16. The zero-order chi connectivity index (χ0) is 8.97. The van der Waals surface area contributed by atoms with E-state index in [1.54, 1.807) is 24.3 Å². The van der Waals surface area contributed by atoms with Gasteiger partial charge < -0.3 is 4.74 Å². The van der Waals surface area contributed by atoms with E-state index in [0.29, 0.717) is 5.75 Å². The highest BCUT2D eigenvalue weighted by Crippen LogP contribution is 2.16. The van der Waals surface area contributed by atoms with Crippen molar-refractivity contribution in [3.8, 4) is 5.75 Å². The average molecular weight is 247 g/mol. The maximum absolute atomic E-state index is 10.8. The van der Waals surface area contributed by atoms with Crippen LogP contribution < -0.4 is 4.74 Å². The van der Waals surface area contributed by atoms with Crippen molar-refractivity contribution in [2.24, 2.45) is 0 Å². The highest BCUT2D eigenvalue weighted by atomic mass is 79.9. The fourth-order valence-corrected chi connectivity index (χ4v) is 0.995. The van der Waals surface area contributed by atoms with E-state index in [2.05, 4.69) is 28.6 Å². The van der Waals surface area contributed by atoms with Crippen LogP contribution in [0.2, 0.25) is 0 Å². The standard InChI is InChI=1S/C8H7BrO2S/c9-6-1-3-7(4-2-6)11-8(10)5-12/h1-4,12H,5H2. The molecule has 0 aliphatic carbocycles. The molecule has 0 aliphatic heterocycles. The molecule has 0 N–H and O–H groups in total. The van der Waals surface area contributed by atoms with E-state index in [-0.39, 0.29) is 11.7 Å². The minimum atomic E-state index is -0.347. The summed E-state index contributed by atoms with van der Waals surface area (Å²) >= 11 is 7.06. The summed E-state index contributed by atoms with van der Waals surface area (Å²) in [6, 6.07) is 7.04. The van der Waals surface area contributed by atoms with E-state index in [0.717, 1.165) is 4.47 Å². The molecule has 64 valence electrons. The molecule has 0 radical (unpaired) electrons. The lowest BCUT2D eigenvalue weighted by molar-refractivity contribution is -0.131. The summed E-state index contributed by atoms with van der Waals surface area (Å²) in [7, 11) is 0. The minimum absolute atomic E-state index is 0.0933. The van der Waals surface area contributed by atoms with Crippen molar-refractivity contribution in [2.75, 3.05) is 5.75 Å². The second-order valence-electron chi connectivity index (χ2n) is 2.09. The van der Waals surface area contributed by atoms with Gasteiger partial charge in [0.15, 0.2) is 0 Å². The van der Waals surface area contributed by atoms with Crippen LogP contribution in [-0.2, 0) is 4.79 Å². The lowest BCUT2D eigenvalue weighted by Crippen LogP contribution is -2.08. The highest BCUT2D eigenvalue weighted by molar-refractivity contribution is 9.10. The monoisotopic (exact) mass is 246 g/mol. The number of halogens is 1. The molecule has 0 saturated heterocycles. The molecule has 0 unspecified atom stereocenters. The number of benzene rings is 1. The molecule has 0 aliphatic rings. The minimum Gasteiger partial charge on any atom is -0.426 e. The summed E-state index contributed by atoms with van der Waals surface area (Å²) < 4.78 is 5.83. The predicted octanol–water partition coefficient (Wildman–Crippen LogP) is 2.28. The largest absolute Gasteiger partial charge is 0.426 e. The third-order valence-electron chi connectivity index (χ3n) is 1.17. The van der Waals surface area contributed by atoms with Crippen LogP contribution in [0.5, 0.6) is 5.75 Å². The molecule has 1 aromatic carbocycles. The Labute approximate surface area is 84.5 Å². The van der Waals surface area contributed by atoms with Gasteiger partial charge in [0.05, 0.1) is 5.75 Å². The van der Waals surface area contributed by atoms with E-state index >= 15 is 0 Å². The second-order valence-corrected chi connectivity index (χ2v) is 3.32. The molecule has 0 spiro atoms. The number of hydrogen-bond donors (Lipinski definition) is 1. The summed E-state index contributed by atoms with van der Waals surface area (Å²) in [5, 5.41) is 0. The summed E-state index contributed by atoms with van der Waals surface area (Å²) in [6.45, 7) is 0. The Morgan fingerprint density at radius 2 is 2.00 bits per heavy atom. The molecule has 0 saturated carbocycles. The van der Waals surface area contributed by atoms with Crippen LogP contribution in [0.1, 0.15) is 0 Å². The van der Waals surface area contributed by atoms with Gasteiger partial charge in [-0.1, -0.05) is 15.9 Å². The number of rotatable bonds is 2. The maximum atomic E-state index is 10.8. The Hall–Kier alpha value is -0.480. The first-order valence-corrected chi connectivity index (χ1v) is 4.72. The van der Waals surface area contributed by atoms with E-state index in [1.807, 2.05) is 0 Å². The molecule has 0 aromatic heterocycles. The SMILES string of the molecule is O=C(CS)Oc1ccc(Br)cc1. The zero-order valence-corrected chi connectivity index (χ0v) is 8.64. The number of esters is 1.